The number of benzene rings is 3. The third-order valence-electron chi connectivity index (χ3n) is 7.01. The number of hydrogen-bond acceptors (Lipinski definition) is 5. The van der Waals surface area contributed by atoms with Crippen molar-refractivity contribution in [2.24, 2.45) is 5.92 Å². The van der Waals surface area contributed by atoms with Gasteiger partial charge in [-0.1, -0.05) is 85.6 Å². The molecule has 1 aliphatic rings. The van der Waals surface area contributed by atoms with Gasteiger partial charge in [-0.05, 0) is 49.8 Å². The third-order valence-corrected chi connectivity index (χ3v) is 7.01. The third kappa shape index (κ3) is 6.11. The van der Waals surface area contributed by atoms with Gasteiger partial charge in [-0.25, -0.2) is 9.78 Å². The zero-order chi connectivity index (χ0) is 25.5. The van der Waals surface area contributed by atoms with Crippen molar-refractivity contribution in [1.29, 1.82) is 0 Å². The summed E-state index contributed by atoms with van der Waals surface area (Å²) in [6, 6.07) is 28.6. The number of rotatable bonds is 9. The minimum atomic E-state index is -0.354. The first-order chi connectivity index (χ1) is 18.2. The molecule has 2 atom stereocenters. The quantitative estimate of drug-likeness (QED) is 0.225. The van der Waals surface area contributed by atoms with E-state index in [1.807, 2.05) is 54.6 Å². The molecular weight excluding hydrogens is 462 g/mol. The van der Waals surface area contributed by atoms with Crippen molar-refractivity contribution >= 4 is 5.97 Å². The van der Waals surface area contributed by atoms with Crippen molar-refractivity contribution in [2.75, 3.05) is 13.2 Å². The van der Waals surface area contributed by atoms with E-state index in [4.69, 9.17) is 18.9 Å². The Kier molecular flexibility index (Phi) is 7.99. The molecule has 2 unspecified atom stereocenters. The van der Waals surface area contributed by atoms with Crippen LogP contribution in [0.2, 0.25) is 0 Å². The summed E-state index contributed by atoms with van der Waals surface area (Å²) in [7, 11) is 0. The molecule has 0 radical (unpaired) electrons. The fourth-order valence-electron chi connectivity index (χ4n) is 5.26. The first-order valence-electron chi connectivity index (χ1n) is 13.2. The van der Waals surface area contributed by atoms with Crippen LogP contribution < -0.4 is 4.74 Å². The summed E-state index contributed by atoms with van der Waals surface area (Å²) in [5.74, 6) is 2.66. The van der Waals surface area contributed by atoms with Crippen LogP contribution in [0.25, 0.3) is 22.6 Å². The van der Waals surface area contributed by atoms with Crippen LogP contribution in [0.5, 0.6) is 5.75 Å². The van der Waals surface area contributed by atoms with Crippen LogP contribution in [0.3, 0.4) is 0 Å². The standard InChI is InChI=1S/C32H33NO4/c1-2-35-29(34)22-36-27-18-11-12-23(21-27)20-26-17-9-10-19-28(26)32-33-30(24-13-5-3-6-14-24)31(37-32)25-15-7-4-8-16-25/h3-8,11-16,18,21,26,28H,2,9-10,17,19-20,22H2,1H3. The summed E-state index contributed by atoms with van der Waals surface area (Å²) in [4.78, 5) is 16.8. The van der Waals surface area contributed by atoms with Gasteiger partial charge in [0.15, 0.2) is 18.3 Å². The molecule has 5 nitrogen and oxygen atoms in total. The van der Waals surface area contributed by atoms with E-state index in [0.717, 1.165) is 47.7 Å². The normalized spacial score (nSPS) is 17.3. The number of esters is 1. The molecule has 5 heteroatoms. The molecule has 1 heterocycles. The maximum absolute atomic E-state index is 11.7. The lowest BCUT2D eigenvalue weighted by Crippen LogP contribution is -2.20. The van der Waals surface area contributed by atoms with Gasteiger partial charge in [-0.2, -0.15) is 0 Å². The van der Waals surface area contributed by atoms with E-state index >= 15 is 0 Å². The lowest BCUT2D eigenvalue weighted by Gasteiger charge is -2.29. The second-order valence-electron chi connectivity index (χ2n) is 9.56. The summed E-state index contributed by atoms with van der Waals surface area (Å²) in [6.45, 7) is 2.06. The van der Waals surface area contributed by atoms with Crippen molar-refractivity contribution in [3.05, 3.63) is 96.4 Å². The van der Waals surface area contributed by atoms with Crippen LogP contribution in [0.15, 0.2) is 89.3 Å². The first kappa shape index (κ1) is 24.8. The Morgan fingerprint density at radius 1 is 0.919 bits per heavy atom. The van der Waals surface area contributed by atoms with Crippen LogP contribution in [-0.4, -0.2) is 24.2 Å². The topological polar surface area (TPSA) is 61.6 Å². The van der Waals surface area contributed by atoms with E-state index in [2.05, 4.69) is 30.3 Å². The van der Waals surface area contributed by atoms with Gasteiger partial charge < -0.3 is 13.9 Å². The fourth-order valence-corrected chi connectivity index (χ4v) is 5.26. The summed E-state index contributed by atoms with van der Waals surface area (Å²) in [6.07, 6.45) is 5.48. The number of ether oxygens (including phenoxy) is 2. The minimum absolute atomic E-state index is 0.0792. The van der Waals surface area contributed by atoms with Gasteiger partial charge in [-0.15, -0.1) is 0 Å². The van der Waals surface area contributed by atoms with E-state index in [0.29, 0.717) is 18.3 Å². The molecule has 0 bridgehead atoms. The largest absolute Gasteiger partial charge is 0.482 e. The summed E-state index contributed by atoms with van der Waals surface area (Å²) < 4.78 is 17.2. The molecule has 1 fully saturated rings. The highest BCUT2D eigenvalue weighted by molar-refractivity contribution is 5.76. The van der Waals surface area contributed by atoms with Gasteiger partial charge in [0.1, 0.15) is 11.4 Å². The Labute approximate surface area is 218 Å². The average Bonchev–Trinajstić information content (AvgIpc) is 3.39. The van der Waals surface area contributed by atoms with Crippen LogP contribution >= 0.6 is 0 Å². The molecule has 5 rings (SSSR count). The van der Waals surface area contributed by atoms with Crippen molar-refractivity contribution in [2.45, 2.75) is 44.9 Å². The average molecular weight is 496 g/mol. The van der Waals surface area contributed by atoms with Crippen LogP contribution in [-0.2, 0) is 16.0 Å². The molecule has 1 aliphatic carbocycles. The summed E-state index contributed by atoms with van der Waals surface area (Å²) in [5.41, 5.74) is 4.20. The molecule has 0 saturated heterocycles. The molecule has 0 N–H and O–H groups in total. The Morgan fingerprint density at radius 2 is 1.65 bits per heavy atom. The zero-order valence-corrected chi connectivity index (χ0v) is 21.3. The highest BCUT2D eigenvalue weighted by Crippen LogP contribution is 2.43. The number of oxazole rings is 1. The molecule has 190 valence electrons. The SMILES string of the molecule is CCOC(=O)COc1cccc(CC2CCCCC2c2nc(-c3ccccc3)c(-c3ccccc3)o2)c1. The van der Waals surface area contributed by atoms with Crippen molar-refractivity contribution in [3.8, 4) is 28.3 Å². The lowest BCUT2D eigenvalue weighted by atomic mass is 9.76. The Bertz CT molecular complexity index is 1240. The highest BCUT2D eigenvalue weighted by Gasteiger charge is 2.32. The van der Waals surface area contributed by atoms with Crippen molar-refractivity contribution in [3.63, 3.8) is 0 Å². The fraction of sp³-hybridized carbons (Fsp3) is 0.312. The van der Waals surface area contributed by atoms with E-state index in [1.165, 1.54) is 18.4 Å². The molecule has 1 aromatic heterocycles. The zero-order valence-electron chi connectivity index (χ0n) is 21.3. The number of carbonyl (C=O) groups excluding carboxylic acids is 1. The molecule has 1 saturated carbocycles. The Morgan fingerprint density at radius 3 is 2.41 bits per heavy atom. The molecule has 4 aromatic rings. The van der Waals surface area contributed by atoms with Crippen LogP contribution in [0.1, 0.15) is 50.0 Å². The van der Waals surface area contributed by atoms with Crippen LogP contribution in [0, 0.1) is 5.92 Å². The number of aromatic nitrogens is 1. The molecule has 3 aromatic carbocycles. The number of hydrogen-bond donors (Lipinski definition) is 0. The molecular formula is C32H33NO4. The van der Waals surface area contributed by atoms with Crippen molar-refractivity contribution in [1.82, 2.24) is 4.98 Å². The lowest BCUT2D eigenvalue weighted by molar-refractivity contribution is -0.145. The second-order valence-corrected chi connectivity index (χ2v) is 9.56. The smallest absolute Gasteiger partial charge is 0.344 e. The predicted octanol–water partition coefficient (Wildman–Crippen LogP) is 7.47. The van der Waals surface area contributed by atoms with E-state index in [-0.39, 0.29) is 18.5 Å². The van der Waals surface area contributed by atoms with E-state index in [9.17, 15) is 4.79 Å². The summed E-state index contributed by atoms with van der Waals surface area (Å²) in [5, 5.41) is 0. The monoisotopic (exact) mass is 495 g/mol. The first-order valence-corrected chi connectivity index (χ1v) is 13.2. The molecule has 0 amide bonds. The van der Waals surface area contributed by atoms with Crippen molar-refractivity contribution < 1.29 is 18.7 Å². The molecule has 37 heavy (non-hydrogen) atoms. The Hall–Kier alpha value is -3.86. The van der Waals surface area contributed by atoms with Gasteiger partial charge in [0.25, 0.3) is 0 Å². The maximum Gasteiger partial charge on any atom is 0.344 e. The summed E-state index contributed by atoms with van der Waals surface area (Å²) >= 11 is 0. The van der Waals surface area contributed by atoms with E-state index in [1.54, 1.807) is 6.92 Å². The molecule has 0 aliphatic heterocycles. The van der Waals surface area contributed by atoms with Gasteiger partial charge >= 0.3 is 5.97 Å². The van der Waals surface area contributed by atoms with Gasteiger partial charge in [-0.3, -0.25) is 0 Å². The number of carbonyl (C=O) groups is 1. The Balaban J connectivity index is 1.40. The van der Waals surface area contributed by atoms with Gasteiger partial charge in [0.05, 0.1) is 6.61 Å². The maximum atomic E-state index is 11.7. The van der Waals surface area contributed by atoms with E-state index < -0.39 is 0 Å². The van der Waals surface area contributed by atoms with Gasteiger partial charge in [0.2, 0.25) is 0 Å². The molecule has 0 spiro atoms. The number of nitrogens with zero attached hydrogens (tertiary/aromatic N) is 1. The predicted molar refractivity (Wildman–Crippen MR) is 144 cm³/mol. The van der Waals surface area contributed by atoms with Gasteiger partial charge in [0, 0.05) is 17.0 Å². The minimum Gasteiger partial charge on any atom is -0.482 e. The highest BCUT2D eigenvalue weighted by atomic mass is 16.6. The van der Waals surface area contributed by atoms with Crippen LogP contribution in [0.4, 0.5) is 0 Å². The second kappa shape index (κ2) is 11.9.